The molecule has 1 aromatic heterocycles. The van der Waals surface area contributed by atoms with Gasteiger partial charge in [-0.05, 0) is 55.3 Å². The summed E-state index contributed by atoms with van der Waals surface area (Å²) in [5, 5.41) is 8.73. The molecule has 0 spiro atoms. The van der Waals surface area contributed by atoms with Gasteiger partial charge in [-0.2, -0.15) is 0 Å². The van der Waals surface area contributed by atoms with Gasteiger partial charge in [0.1, 0.15) is 11.6 Å². The zero-order valence-electron chi connectivity index (χ0n) is 18.9. The van der Waals surface area contributed by atoms with Crippen LogP contribution in [0.3, 0.4) is 0 Å². The maximum atomic E-state index is 13.6. The lowest BCUT2D eigenvalue weighted by Crippen LogP contribution is -2.39. The molecule has 1 atom stereocenters. The van der Waals surface area contributed by atoms with Crippen molar-refractivity contribution in [3.63, 3.8) is 0 Å². The van der Waals surface area contributed by atoms with Crippen molar-refractivity contribution < 1.29 is 28.6 Å². The number of thiazole rings is 1. The number of aromatic nitrogens is 1. The van der Waals surface area contributed by atoms with E-state index in [4.69, 9.17) is 14.6 Å². The Bertz CT molecular complexity index is 1490. The minimum atomic E-state index is -1.08. The number of carbonyl (C=O) groups excluding carboxylic acids is 1. The maximum absolute atomic E-state index is 13.6. The number of allylic oxidation sites excluding steroid dienone is 1. The first-order chi connectivity index (χ1) is 16.8. The van der Waals surface area contributed by atoms with E-state index in [2.05, 4.69) is 4.99 Å². The van der Waals surface area contributed by atoms with Crippen LogP contribution in [0.2, 0.25) is 0 Å². The first kappa shape index (κ1) is 24.1. The van der Waals surface area contributed by atoms with Gasteiger partial charge in [0.25, 0.3) is 5.56 Å². The van der Waals surface area contributed by atoms with Crippen molar-refractivity contribution in [1.82, 2.24) is 4.57 Å². The molecule has 1 aliphatic rings. The fourth-order valence-electron chi connectivity index (χ4n) is 3.71. The predicted octanol–water partition coefficient (Wildman–Crippen LogP) is 2.40. The fourth-order valence-corrected chi connectivity index (χ4v) is 4.76. The maximum Gasteiger partial charge on any atom is 0.341 e. The van der Waals surface area contributed by atoms with Crippen LogP contribution in [0, 0.1) is 5.82 Å². The Morgan fingerprint density at radius 3 is 2.49 bits per heavy atom. The SMILES string of the molecule is CCOC(=O)C1=C(C)N=c2s/c(=C\c3ccc(OCC(=O)O)cc3)c(=O)n2[C@@H]1c1ccc(F)cc1. The predicted molar refractivity (Wildman–Crippen MR) is 126 cm³/mol. The zero-order chi connectivity index (χ0) is 25.1. The second-order valence-electron chi connectivity index (χ2n) is 7.61. The van der Waals surface area contributed by atoms with Gasteiger partial charge in [-0.25, -0.2) is 19.0 Å². The summed E-state index contributed by atoms with van der Waals surface area (Å²) >= 11 is 1.17. The molecule has 180 valence electrons. The highest BCUT2D eigenvalue weighted by atomic mass is 32.1. The molecule has 0 aliphatic carbocycles. The summed E-state index contributed by atoms with van der Waals surface area (Å²) in [6.45, 7) is 3.06. The zero-order valence-corrected chi connectivity index (χ0v) is 19.7. The molecule has 4 rings (SSSR count). The average Bonchev–Trinajstić information content (AvgIpc) is 3.12. The first-order valence-electron chi connectivity index (χ1n) is 10.7. The van der Waals surface area contributed by atoms with E-state index in [0.717, 1.165) is 0 Å². The molecule has 8 nitrogen and oxygen atoms in total. The standard InChI is InChI=1S/C25H21FN2O6S/c1-3-33-24(32)21-14(2)27-25-28(22(21)16-6-8-17(26)9-7-16)23(31)19(35-25)12-15-4-10-18(11-5-15)34-13-20(29)30/h4-12,22H,3,13H2,1-2H3,(H,29,30)/b19-12-/t22-/m1/s1. The molecular weight excluding hydrogens is 475 g/mol. The Morgan fingerprint density at radius 1 is 1.17 bits per heavy atom. The van der Waals surface area contributed by atoms with Gasteiger partial charge in [-0.3, -0.25) is 9.36 Å². The summed E-state index contributed by atoms with van der Waals surface area (Å²) in [4.78, 5) is 41.9. The highest BCUT2D eigenvalue weighted by molar-refractivity contribution is 7.07. The van der Waals surface area contributed by atoms with E-state index in [-0.39, 0.29) is 17.7 Å². The van der Waals surface area contributed by atoms with E-state index >= 15 is 0 Å². The number of aliphatic carboxylic acids is 1. The fraction of sp³-hybridized carbons (Fsp3) is 0.200. The van der Waals surface area contributed by atoms with Crippen molar-refractivity contribution in [2.45, 2.75) is 19.9 Å². The number of nitrogens with zero attached hydrogens (tertiary/aromatic N) is 2. The molecule has 2 aromatic carbocycles. The molecule has 0 amide bonds. The van der Waals surface area contributed by atoms with Crippen LogP contribution in [0.4, 0.5) is 4.39 Å². The minimum Gasteiger partial charge on any atom is -0.482 e. The Kier molecular flexibility index (Phi) is 6.92. The van der Waals surface area contributed by atoms with Gasteiger partial charge in [-0.1, -0.05) is 35.6 Å². The molecule has 10 heteroatoms. The van der Waals surface area contributed by atoms with E-state index in [1.807, 2.05) is 0 Å². The number of ether oxygens (including phenoxy) is 2. The van der Waals surface area contributed by atoms with Gasteiger partial charge in [-0.15, -0.1) is 0 Å². The summed E-state index contributed by atoms with van der Waals surface area (Å²) in [6, 6.07) is 11.4. The smallest absolute Gasteiger partial charge is 0.341 e. The number of rotatable bonds is 7. The van der Waals surface area contributed by atoms with Gasteiger partial charge in [0.05, 0.1) is 28.5 Å². The normalized spacial score (nSPS) is 15.4. The summed E-state index contributed by atoms with van der Waals surface area (Å²) in [5.41, 5.74) is 1.53. The Labute approximate surface area is 202 Å². The Morgan fingerprint density at radius 2 is 1.86 bits per heavy atom. The number of hydrogen-bond donors (Lipinski definition) is 1. The highest BCUT2D eigenvalue weighted by Gasteiger charge is 2.33. The quantitative estimate of drug-likeness (QED) is 0.504. The molecule has 0 radical (unpaired) electrons. The van der Waals surface area contributed by atoms with Crippen molar-refractivity contribution in [3.05, 3.63) is 96.4 Å². The van der Waals surface area contributed by atoms with E-state index in [1.165, 1.54) is 40.2 Å². The largest absolute Gasteiger partial charge is 0.482 e. The van der Waals surface area contributed by atoms with E-state index in [1.54, 1.807) is 44.2 Å². The molecule has 0 unspecified atom stereocenters. The second-order valence-corrected chi connectivity index (χ2v) is 8.61. The third kappa shape index (κ3) is 5.07. The Hall–Kier alpha value is -4.05. The summed E-state index contributed by atoms with van der Waals surface area (Å²) in [6.07, 6.45) is 1.68. The molecule has 0 saturated heterocycles. The number of esters is 1. The lowest BCUT2D eigenvalue weighted by atomic mass is 9.96. The Balaban J connectivity index is 1.81. The van der Waals surface area contributed by atoms with E-state index in [9.17, 15) is 18.8 Å². The average molecular weight is 497 g/mol. The molecule has 2 heterocycles. The minimum absolute atomic E-state index is 0.155. The topological polar surface area (TPSA) is 107 Å². The molecule has 0 bridgehead atoms. The molecule has 0 fully saturated rings. The third-order valence-corrected chi connectivity index (χ3v) is 6.23. The molecule has 1 aliphatic heterocycles. The number of halogens is 1. The number of carboxylic acid groups (broad SMARTS) is 1. The van der Waals surface area contributed by atoms with Crippen molar-refractivity contribution in [3.8, 4) is 5.75 Å². The van der Waals surface area contributed by atoms with Crippen molar-refractivity contribution in [2.75, 3.05) is 13.2 Å². The van der Waals surface area contributed by atoms with Crippen molar-refractivity contribution in [1.29, 1.82) is 0 Å². The van der Waals surface area contributed by atoms with Gasteiger partial charge in [0.15, 0.2) is 11.4 Å². The summed E-state index contributed by atoms with van der Waals surface area (Å²) in [5.74, 6) is -1.72. The number of carbonyl (C=O) groups is 2. The van der Waals surface area contributed by atoms with Crippen LogP contribution >= 0.6 is 11.3 Å². The molecule has 3 aromatic rings. The van der Waals surface area contributed by atoms with Gasteiger partial charge in [0, 0.05) is 0 Å². The summed E-state index contributed by atoms with van der Waals surface area (Å²) in [7, 11) is 0. The highest BCUT2D eigenvalue weighted by Crippen LogP contribution is 2.30. The van der Waals surface area contributed by atoms with Gasteiger partial charge >= 0.3 is 11.9 Å². The van der Waals surface area contributed by atoms with Crippen LogP contribution in [0.15, 0.2) is 69.6 Å². The van der Waals surface area contributed by atoms with Gasteiger partial charge < -0.3 is 14.6 Å². The van der Waals surface area contributed by atoms with Crippen molar-refractivity contribution in [2.24, 2.45) is 4.99 Å². The number of hydrogen-bond acceptors (Lipinski definition) is 7. The molecule has 1 N–H and O–H groups in total. The van der Waals surface area contributed by atoms with Crippen LogP contribution in [0.25, 0.3) is 6.08 Å². The lowest BCUT2D eigenvalue weighted by molar-refractivity contribution is -0.140. The van der Waals surface area contributed by atoms with E-state index in [0.29, 0.717) is 31.9 Å². The molecular formula is C25H21FN2O6S. The monoisotopic (exact) mass is 496 g/mol. The van der Waals surface area contributed by atoms with Crippen LogP contribution in [-0.4, -0.2) is 34.8 Å². The number of carboxylic acids is 1. The number of fused-ring (bicyclic) bond motifs is 1. The second kappa shape index (κ2) is 10.1. The van der Waals surface area contributed by atoms with Crippen molar-refractivity contribution >= 4 is 29.4 Å². The van der Waals surface area contributed by atoms with E-state index < -0.39 is 30.4 Å². The van der Waals surface area contributed by atoms with Crippen LogP contribution in [0.5, 0.6) is 5.75 Å². The van der Waals surface area contributed by atoms with Crippen LogP contribution in [0.1, 0.15) is 31.0 Å². The third-order valence-electron chi connectivity index (χ3n) is 5.24. The van der Waals surface area contributed by atoms with Crippen LogP contribution in [-0.2, 0) is 14.3 Å². The van der Waals surface area contributed by atoms with Gasteiger partial charge in [0.2, 0.25) is 0 Å². The molecule has 0 saturated carbocycles. The first-order valence-corrected chi connectivity index (χ1v) is 11.5. The number of benzene rings is 2. The molecule has 35 heavy (non-hydrogen) atoms. The lowest BCUT2D eigenvalue weighted by Gasteiger charge is -2.24. The van der Waals surface area contributed by atoms with Crippen LogP contribution < -0.4 is 19.6 Å². The summed E-state index contributed by atoms with van der Waals surface area (Å²) < 4.78 is 25.8.